The zero-order valence-electron chi connectivity index (χ0n) is 16.6. The average Bonchev–Trinajstić information content (AvgIpc) is 2.74. The standard InChI is InChI=1S/C24H21N3O2/c1-14(2)16-6-4-8-18-20(16)22(25-3)17-7-5-9-19(21(17)23(18)28)27-24(29)15-10-12-26-13-11-15/h4-14H,1-3H3,(H,27,29). The molecule has 1 heterocycles. The lowest BCUT2D eigenvalue weighted by Crippen LogP contribution is -2.26. The van der Waals surface area contributed by atoms with Gasteiger partial charge in [-0.1, -0.05) is 44.2 Å². The fourth-order valence-corrected chi connectivity index (χ4v) is 3.80. The summed E-state index contributed by atoms with van der Waals surface area (Å²) in [4.78, 5) is 34.6. The van der Waals surface area contributed by atoms with E-state index >= 15 is 0 Å². The highest BCUT2D eigenvalue weighted by molar-refractivity contribution is 6.32. The van der Waals surface area contributed by atoms with Crippen LogP contribution in [0.1, 0.15) is 62.7 Å². The van der Waals surface area contributed by atoms with Crippen molar-refractivity contribution in [1.29, 1.82) is 0 Å². The Hall–Kier alpha value is -3.60. The first-order chi connectivity index (χ1) is 14.0. The summed E-state index contributed by atoms with van der Waals surface area (Å²) >= 11 is 0. The number of carbonyl (C=O) groups is 2. The second-order valence-corrected chi connectivity index (χ2v) is 7.24. The van der Waals surface area contributed by atoms with Crippen molar-refractivity contribution in [2.24, 2.45) is 4.99 Å². The van der Waals surface area contributed by atoms with Gasteiger partial charge in [-0.05, 0) is 29.7 Å². The molecule has 0 unspecified atom stereocenters. The van der Waals surface area contributed by atoms with Crippen LogP contribution in [0.4, 0.5) is 5.69 Å². The zero-order chi connectivity index (χ0) is 20.5. The van der Waals surface area contributed by atoms with Crippen LogP contribution in [0.2, 0.25) is 0 Å². The van der Waals surface area contributed by atoms with Gasteiger partial charge in [0.05, 0.1) is 17.0 Å². The monoisotopic (exact) mass is 383 g/mol. The molecule has 0 atom stereocenters. The highest BCUT2D eigenvalue weighted by Crippen LogP contribution is 2.36. The molecule has 3 aromatic rings. The van der Waals surface area contributed by atoms with Crippen LogP contribution < -0.4 is 5.32 Å². The van der Waals surface area contributed by atoms with Crippen LogP contribution in [-0.4, -0.2) is 29.4 Å². The molecule has 0 aliphatic heterocycles. The number of aromatic nitrogens is 1. The molecule has 1 aliphatic carbocycles. The third-order valence-electron chi connectivity index (χ3n) is 5.16. The molecule has 2 aromatic carbocycles. The number of nitrogens with one attached hydrogen (secondary N) is 1. The number of hydrogen-bond donors (Lipinski definition) is 1. The molecule has 29 heavy (non-hydrogen) atoms. The van der Waals surface area contributed by atoms with E-state index in [2.05, 4.69) is 29.1 Å². The van der Waals surface area contributed by atoms with Gasteiger partial charge in [0.2, 0.25) is 0 Å². The van der Waals surface area contributed by atoms with Crippen LogP contribution >= 0.6 is 0 Å². The van der Waals surface area contributed by atoms with E-state index in [-0.39, 0.29) is 17.6 Å². The molecule has 144 valence electrons. The maximum absolute atomic E-state index is 13.5. The number of ketones is 1. The van der Waals surface area contributed by atoms with E-state index < -0.39 is 0 Å². The molecule has 0 bridgehead atoms. The lowest BCUT2D eigenvalue weighted by atomic mass is 9.78. The number of hydrogen-bond acceptors (Lipinski definition) is 4. The third kappa shape index (κ3) is 3.14. The molecule has 0 radical (unpaired) electrons. The van der Waals surface area contributed by atoms with Crippen molar-refractivity contribution in [1.82, 2.24) is 4.98 Å². The minimum absolute atomic E-state index is 0.101. The van der Waals surface area contributed by atoms with Crippen LogP contribution in [0.5, 0.6) is 0 Å². The number of pyridine rings is 1. The quantitative estimate of drug-likeness (QED) is 0.567. The van der Waals surface area contributed by atoms with Gasteiger partial charge >= 0.3 is 0 Å². The van der Waals surface area contributed by atoms with E-state index in [4.69, 9.17) is 0 Å². The second-order valence-electron chi connectivity index (χ2n) is 7.24. The van der Waals surface area contributed by atoms with E-state index in [0.29, 0.717) is 22.4 Å². The smallest absolute Gasteiger partial charge is 0.255 e. The van der Waals surface area contributed by atoms with Crippen molar-refractivity contribution in [3.05, 3.63) is 94.3 Å². The molecular weight excluding hydrogens is 362 g/mol. The van der Waals surface area contributed by atoms with Crippen molar-refractivity contribution in [2.75, 3.05) is 12.4 Å². The molecule has 5 heteroatoms. The summed E-state index contributed by atoms with van der Waals surface area (Å²) < 4.78 is 0. The molecule has 0 saturated heterocycles. The fraction of sp³-hybridized carbons (Fsp3) is 0.167. The summed E-state index contributed by atoms with van der Waals surface area (Å²) in [7, 11) is 1.73. The highest BCUT2D eigenvalue weighted by atomic mass is 16.1. The Morgan fingerprint density at radius 2 is 1.66 bits per heavy atom. The number of benzene rings is 2. The summed E-state index contributed by atoms with van der Waals surface area (Å²) in [5.41, 5.74) is 5.56. The molecule has 0 fully saturated rings. The van der Waals surface area contributed by atoms with E-state index in [1.807, 2.05) is 30.3 Å². The summed E-state index contributed by atoms with van der Waals surface area (Å²) in [6.45, 7) is 4.21. The first-order valence-corrected chi connectivity index (χ1v) is 9.52. The van der Waals surface area contributed by atoms with Crippen molar-refractivity contribution < 1.29 is 9.59 Å². The van der Waals surface area contributed by atoms with Crippen LogP contribution in [0, 0.1) is 0 Å². The van der Waals surface area contributed by atoms with Crippen LogP contribution in [0.3, 0.4) is 0 Å². The van der Waals surface area contributed by atoms with Crippen LogP contribution in [-0.2, 0) is 0 Å². The Morgan fingerprint density at radius 1 is 0.966 bits per heavy atom. The van der Waals surface area contributed by atoms with Crippen molar-refractivity contribution in [3.63, 3.8) is 0 Å². The molecule has 0 saturated carbocycles. The van der Waals surface area contributed by atoms with Gasteiger partial charge in [0, 0.05) is 41.7 Å². The summed E-state index contributed by atoms with van der Waals surface area (Å²) in [5, 5.41) is 2.89. The molecule has 4 rings (SSSR count). The normalized spacial score (nSPS) is 13.9. The predicted octanol–water partition coefficient (Wildman–Crippen LogP) is 4.47. The predicted molar refractivity (Wildman–Crippen MR) is 114 cm³/mol. The second kappa shape index (κ2) is 7.43. The number of carbonyl (C=O) groups excluding carboxylic acids is 2. The highest BCUT2D eigenvalue weighted by Gasteiger charge is 2.32. The van der Waals surface area contributed by atoms with Gasteiger partial charge in [0.15, 0.2) is 5.78 Å². The van der Waals surface area contributed by atoms with Gasteiger partial charge < -0.3 is 5.32 Å². The first-order valence-electron chi connectivity index (χ1n) is 9.52. The Morgan fingerprint density at radius 3 is 2.34 bits per heavy atom. The lowest BCUT2D eigenvalue weighted by Gasteiger charge is -2.26. The Balaban J connectivity index is 1.86. The Labute approximate surface area is 169 Å². The van der Waals surface area contributed by atoms with Gasteiger partial charge in [-0.15, -0.1) is 0 Å². The SMILES string of the molecule is CN=C1c2cccc(NC(=O)c3ccncc3)c2C(=O)c2cccc(C(C)C)c21. The Bertz CT molecular complexity index is 1150. The molecule has 0 spiro atoms. The maximum Gasteiger partial charge on any atom is 0.255 e. The summed E-state index contributed by atoms with van der Waals surface area (Å²) in [5.74, 6) is -0.133. The Kier molecular flexibility index (Phi) is 4.80. The number of nitrogens with zero attached hydrogens (tertiary/aromatic N) is 2. The largest absolute Gasteiger partial charge is 0.321 e. The van der Waals surface area contributed by atoms with E-state index in [9.17, 15) is 9.59 Å². The minimum Gasteiger partial charge on any atom is -0.321 e. The molecule has 1 aliphatic rings. The van der Waals surface area contributed by atoms with Gasteiger partial charge in [-0.25, -0.2) is 0 Å². The maximum atomic E-state index is 13.5. The minimum atomic E-state index is -0.287. The topological polar surface area (TPSA) is 71.4 Å². The summed E-state index contributed by atoms with van der Waals surface area (Å²) in [6, 6.07) is 14.5. The third-order valence-corrected chi connectivity index (χ3v) is 5.16. The van der Waals surface area contributed by atoms with Gasteiger partial charge in [0.1, 0.15) is 0 Å². The van der Waals surface area contributed by atoms with Crippen LogP contribution in [0.15, 0.2) is 65.9 Å². The molecule has 1 N–H and O–H groups in total. The van der Waals surface area contributed by atoms with E-state index in [1.165, 1.54) is 0 Å². The van der Waals surface area contributed by atoms with Crippen molar-refractivity contribution in [2.45, 2.75) is 19.8 Å². The fourth-order valence-electron chi connectivity index (χ4n) is 3.80. The van der Waals surface area contributed by atoms with Crippen molar-refractivity contribution >= 4 is 23.1 Å². The van der Waals surface area contributed by atoms with Gasteiger partial charge in [-0.3, -0.25) is 19.6 Å². The first kappa shape index (κ1) is 18.7. The number of amides is 1. The van der Waals surface area contributed by atoms with E-state index in [1.54, 1.807) is 37.6 Å². The van der Waals surface area contributed by atoms with Crippen molar-refractivity contribution in [3.8, 4) is 0 Å². The summed E-state index contributed by atoms with van der Waals surface area (Å²) in [6.07, 6.45) is 3.12. The number of aliphatic imine (C=N–C) groups is 1. The number of anilines is 1. The van der Waals surface area contributed by atoms with Gasteiger partial charge in [-0.2, -0.15) is 0 Å². The number of fused-ring (bicyclic) bond motifs is 2. The molecule has 1 aromatic heterocycles. The zero-order valence-corrected chi connectivity index (χ0v) is 16.6. The van der Waals surface area contributed by atoms with Gasteiger partial charge in [0.25, 0.3) is 5.91 Å². The van der Waals surface area contributed by atoms with E-state index in [0.717, 1.165) is 22.4 Å². The molecule has 1 amide bonds. The lowest BCUT2D eigenvalue weighted by molar-refractivity contribution is 0.102. The average molecular weight is 383 g/mol. The van der Waals surface area contributed by atoms with Crippen LogP contribution in [0.25, 0.3) is 0 Å². The molecule has 5 nitrogen and oxygen atoms in total. The molecular formula is C24H21N3O2. The number of rotatable bonds is 3.